The molecule has 4 heterocycles. The molecule has 8 nitrogen and oxygen atoms in total. The topological polar surface area (TPSA) is 72.8 Å². The summed E-state index contributed by atoms with van der Waals surface area (Å²) in [4.78, 5) is 14.0. The summed E-state index contributed by atoms with van der Waals surface area (Å²) in [6.45, 7) is 3.59. The quantitative estimate of drug-likeness (QED) is 0.712. The van der Waals surface area contributed by atoms with Gasteiger partial charge in [-0.15, -0.1) is 0 Å². The summed E-state index contributed by atoms with van der Waals surface area (Å²) in [6.07, 6.45) is 1.84. The van der Waals surface area contributed by atoms with Crippen LogP contribution in [0.4, 0.5) is 4.79 Å². The molecule has 4 aliphatic heterocycles. The molecule has 0 unspecified atom stereocenters. The Kier molecular flexibility index (Phi) is 4.41. The smallest absolute Gasteiger partial charge is 0.409 e. The van der Waals surface area contributed by atoms with Gasteiger partial charge in [0.05, 0.1) is 18.4 Å². The lowest BCUT2D eigenvalue weighted by Crippen LogP contribution is -2.59. The number of hydrogen-bond donors (Lipinski definition) is 0. The molecule has 1 fully saturated rings. The molecule has 2 aromatic rings. The van der Waals surface area contributed by atoms with E-state index < -0.39 is 5.72 Å². The highest BCUT2D eigenvalue weighted by Crippen LogP contribution is 2.50. The summed E-state index contributed by atoms with van der Waals surface area (Å²) in [6, 6.07) is 14.3. The number of likely N-dealkylation sites (tertiary alicyclic amines) is 1. The molecule has 1 spiro atoms. The van der Waals surface area contributed by atoms with Gasteiger partial charge in [-0.1, -0.05) is 18.2 Å². The van der Waals surface area contributed by atoms with Crippen molar-refractivity contribution in [3.63, 3.8) is 0 Å². The second-order valence-electron chi connectivity index (χ2n) is 8.45. The highest BCUT2D eigenvalue weighted by atomic mass is 16.7. The van der Waals surface area contributed by atoms with Crippen molar-refractivity contribution < 1.29 is 23.7 Å². The maximum atomic E-state index is 12.2. The summed E-state index contributed by atoms with van der Waals surface area (Å²) in [7, 11) is 0. The zero-order valence-corrected chi connectivity index (χ0v) is 18.0. The van der Waals surface area contributed by atoms with Crippen molar-refractivity contribution >= 4 is 11.8 Å². The van der Waals surface area contributed by atoms with Crippen LogP contribution in [0.1, 0.15) is 43.4 Å². The minimum absolute atomic E-state index is 0.0921. The number of piperidine rings is 1. The number of ether oxygens (including phenoxy) is 4. The highest BCUT2D eigenvalue weighted by molar-refractivity contribution is 6.02. The molecule has 1 saturated heterocycles. The summed E-state index contributed by atoms with van der Waals surface area (Å²) in [5, 5.41) is 7.22. The van der Waals surface area contributed by atoms with E-state index in [-0.39, 0.29) is 18.9 Å². The minimum Gasteiger partial charge on any atom is -0.466 e. The zero-order chi connectivity index (χ0) is 21.7. The van der Waals surface area contributed by atoms with Gasteiger partial charge in [-0.25, -0.2) is 9.80 Å². The van der Waals surface area contributed by atoms with Crippen LogP contribution in [0.5, 0.6) is 17.2 Å². The Balaban J connectivity index is 1.34. The lowest BCUT2D eigenvalue weighted by molar-refractivity contribution is -0.147. The molecule has 32 heavy (non-hydrogen) atoms. The lowest BCUT2D eigenvalue weighted by atomic mass is 9.91. The Morgan fingerprint density at radius 2 is 1.94 bits per heavy atom. The van der Waals surface area contributed by atoms with E-state index in [0.717, 1.165) is 40.5 Å². The average Bonchev–Trinajstić information content (AvgIpc) is 3.47. The Hall–Kier alpha value is -3.42. The first-order chi connectivity index (χ1) is 15.7. The number of rotatable bonds is 2. The monoisotopic (exact) mass is 435 g/mol. The molecule has 0 aliphatic carbocycles. The van der Waals surface area contributed by atoms with Gasteiger partial charge in [0.15, 0.2) is 11.5 Å². The fraction of sp³-hybridized carbons (Fsp3) is 0.417. The predicted octanol–water partition coefficient (Wildman–Crippen LogP) is 3.91. The lowest BCUT2D eigenvalue weighted by Gasteiger charge is -2.50. The molecule has 166 valence electrons. The molecule has 4 aliphatic rings. The largest absolute Gasteiger partial charge is 0.466 e. The van der Waals surface area contributed by atoms with Crippen LogP contribution in [0, 0.1) is 0 Å². The minimum atomic E-state index is -0.583. The molecule has 6 rings (SSSR count). The number of hydrazone groups is 1. The molecule has 0 aromatic heterocycles. The zero-order valence-electron chi connectivity index (χ0n) is 18.0. The molecule has 0 bridgehead atoms. The number of amides is 1. The van der Waals surface area contributed by atoms with Crippen LogP contribution < -0.4 is 14.2 Å². The van der Waals surface area contributed by atoms with Gasteiger partial charge in [0, 0.05) is 43.5 Å². The van der Waals surface area contributed by atoms with Gasteiger partial charge in [0.1, 0.15) is 5.75 Å². The summed E-state index contributed by atoms with van der Waals surface area (Å²) in [5.41, 5.74) is 2.59. The van der Waals surface area contributed by atoms with E-state index in [2.05, 4.69) is 11.1 Å². The van der Waals surface area contributed by atoms with Gasteiger partial charge in [-0.2, -0.15) is 5.10 Å². The molecular weight excluding hydrogens is 410 g/mol. The second-order valence-corrected chi connectivity index (χ2v) is 8.45. The van der Waals surface area contributed by atoms with Crippen LogP contribution in [0.2, 0.25) is 0 Å². The van der Waals surface area contributed by atoms with Gasteiger partial charge in [0.2, 0.25) is 12.5 Å². The maximum Gasteiger partial charge on any atom is 0.409 e. The van der Waals surface area contributed by atoms with E-state index >= 15 is 0 Å². The molecule has 1 atom stereocenters. The third kappa shape index (κ3) is 2.97. The average molecular weight is 435 g/mol. The summed E-state index contributed by atoms with van der Waals surface area (Å²) in [5.74, 6) is 2.42. The Labute approximate surface area is 186 Å². The van der Waals surface area contributed by atoms with Crippen LogP contribution in [0.3, 0.4) is 0 Å². The fourth-order valence-electron chi connectivity index (χ4n) is 5.06. The Bertz CT molecular complexity index is 1090. The summed E-state index contributed by atoms with van der Waals surface area (Å²) >= 11 is 0. The number of benzene rings is 2. The molecule has 0 saturated carbocycles. The van der Waals surface area contributed by atoms with Gasteiger partial charge < -0.3 is 23.8 Å². The van der Waals surface area contributed by atoms with E-state index in [1.54, 1.807) is 4.90 Å². The third-order valence-electron chi connectivity index (χ3n) is 6.68. The van der Waals surface area contributed by atoms with Crippen molar-refractivity contribution in [3.8, 4) is 17.2 Å². The Morgan fingerprint density at radius 1 is 1.12 bits per heavy atom. The van der Waals surface area contributed by atoms with Crippen LogP contribution in [0.15, 0.2) is 47.6 Å². The molecule has 1 amide bonds. The van der Waals surface area contributed by atoms with Crippen molar-refractivity contribution in [1.29, 1.82) is 0 Å². The van der Waals surface area contributed by atoms with Crippen LogP contribution in [0.25, 0.3) is 0 Å². The standard InChI is InChI=1S/C24H25N3O5/c1-2-29-23(28)26-11-9-24(10-12-26)27-19(17-5-3-4-6-20(17)32-24)14-18(25-27)16-7-8-21-22(13-16)31-15-30-21/h3-8,13,19H,2,9-12,14-15H2,1H3/t19-/m1/s1. The second kappa shape index (κ2) is 7.32. The number of para-hydroxylation sites is 1. The predicted molar refractivity (Wildman–Crippen MR) is 116 cm³/mol. The Morgan fingerprint density at radius 3 is 2.78 bits per heavy atom. The normalized spacial score (nSPS) is 22.2. The fourth-order valence-corrected chi connectivity index (χ4v) is 5.06. The first-order valence-corrected chi connectivity index (χ1v) is 11.1. The van der Waals surface area contributed by atoms with Gasteiger partial charge in [-0.3, -0.25) is 0 Å². The molecule has 2 aromatic carbocycles. The molecular formula is C24H25N3O5. The van der Waals surface area contributed by atoms with Crippen LogP contribution >= 0.6 is 0 Å². The number of carbonyl (C=O) groups is 1. The van der Waals surface area contributed by atoms with E-state index in [9.17, 15) is 4.79 Å². The van der Waals surface area contributed by atoms with Crippen molar-refractivity contribution in [1.82, 2.24) is 9.91 Å². The van der Waals surface area contributed by atoms with Gasteiger partial charge >= 0.3 is 6.09 Å². The summed E-state index contributed by atoms with van der Waals surface area (Å²) < 4.78 is 22.8. The van der Waals surface area contributed by atoms with Crippen LogP contribution in [-0.2, 0) is 4.74 Å². The van der Waals surface area contributed by atoms with Gasteiger partial charge in [0.25, 0.3) is 0 Å². The highest BCUT2D eigenvalue weighted by Gasteiger charge is 2.52. The maximum absolute atomic E-state index is 12.2. The van der Waals surface area contributed by atoms with Crippen molar-refractivity contribution in [2.45, 2.75) is 38.0 Å². The van der Waals surface area contributed by atoms with E-state index in [4.69, 9.17) is 24.0 Å². The first kappa shape index (κ1) is 19.3. The van der Waals surface area contributed by atoms with E-state index in [0.29, 0.717) is 32.5 Å². The SMILES string of the molecule is CCOC(=O)N1CCC2(CC1)Oc1ccccc1[C@H]1CC(c3ccc4c(c3)OCO4)=NN12. The number of carbonyl (C=O) groups excluding carboxylic acids is 1. The van der Waals surface area contributed by atoms with Crippen LogP contribution in [-0.4, -0.2) is 53.9 Å². The molecule has 0 radical (unpaired) electrons. The van der Waals surface area contributed by atoms with E-state index in [1.807, 2.05) is 43.3 Å². The number of nitrogens with zero attached hydrogens (tertiary/aromatic N) is 3. The van der Waals surface area contributed by atoms with Crippen molar-refractivity contribution in [3.05, 3.63) is 53.6 Å². The molecule has 8 heteroatoms. The van der Waals surface area contributed by atoms with Crippen molar-refractivity contribution in [2.24, 2.45) is 5.10 Å². The number of hydrogen-bond acceptors (Lipinski definition) is 7. The van der Waals surface area contributed by atoms with Gasteiger partial charge in [-0.05, 0) is 31.2 Å². The first-order valence-electron chi connectivity index (χ1n) is 11.1. The molecule has 0 N–H and O–H groups in total. The van der Waals surface area contributed by atoms with Crippen molar-refractivity contribution in [2.75, 3.05) is 26.5 Å². The third-order valence-corrected chi connectivity index (χ3v) is 6.68. The number of fused-ring (bicyclic) bond motifs is 5. The van der Waals surface area contributed by atoms with E-state index in [1.165, 1.54) is 0 Å².